The lowest BCUT2D eigenvalue weighted by Crippen LogP contribution is -2.44. The maximum absolute atomic E-state index is 13.0. The molecule has 1 aliphatic heterocycles. The molecular formula is C16H21N3O3. The summed E-state index contributed by atoms with van der Waals surface area (Å²) in [5, 5.41) is 4.68. The lowest BCUT2D eigenvalue weighted by atomic mass is 10.0. The van der Waals surface area contributed by atoms with Crippen LogP contribution in [0, 0.1) is 6.92 Å². The van der Waals surface area contributed by atoms with Gasteiger partial charge in [0, 0.05) is 18.8 Å². The van der Waals surface area contributed by atoms with Crippen LogP contribution in [0.2, 0.25) is 0 Å². The first kappa shape index (κ1) is 15.0. The Hall–Kier alpha value is -1.95. The van der Waals surface area contributed by atoms with Crippen molar-refractivity contribution < 1.29 is 14.1 Å². The van der Waals surface area contributed by atoms with Gasteiger partial charge in [0.25, 0.3) is 11.6 Å². The first-order valence-electron chi connectivity index (χ1n) is 7.65. The Bertz CT molecular complexity index is 708. The van der Waals surface area contributed by atoms with Crippen molar-refractivity contribution in [3.8, 4) is 0 Å². The molecular weight excluding hydrogens is 282 g/mol. The van der Waals surface area contributed by atoms with Crippen LogP contribution in [0.1, 0.15) is 48.4 Å². The lowest BCUT2D eigenvalue weighted by molar-refractivity contribution is -0.0123. The third-order valence-electron chi connectivity index (χ3n) is 3.99. The van der Waals surface area contributed by atoms with Crippen LogP contribution in [0.15, 0.2) is 10.6 Å². The van der Waals surface area contributed by atoms with Crippen LogP contribution in [-0.4, -0.2) is 46.7 Å². The number of hydrogen-bond donors (Lipinski definition) is 0. The summed E-state index contributed by atoms with van der Waals surface area (Å²) in [4.78, 5) is 19.3. The van der Waals surface area contributed by atoms with E-state index in [1.807, 2.05) is 38.7 Å². The Morgan fingerprint density at radius 3 is 2.91 bits per heavy atom. The molecule has 1 atom stereocenters. The molecule has 2 aromatic rings. The fraction of sp³-hybridized carbons (Fsp3) is 0.562. The van der Waals surface area contributed by atoms with E-state index in [9.17, 15) is 4.79 Å². The second kappa shape index (κ2) is 5.68. The fourth-order valence-electron chi connectivity index (χ4n) is 2.75. The molecule has 0 aliphatic carbocycles. The fourth-order valence-corrected chi connectivity index (χ4v) is 2.75. The first-order valence-corrected chi connectivity index (χ1v) is 7.65. The number of hydrogen-bond acceptors (Lipinski definition) is 5. The van der Waals surface area contributed by atoms with Gasteiger partial charge in [-0.1, -0.05) is 19.0 Å². The molecule has 3 heterocycles. The zero-order chi connectivity index (χ0) is 15.9. The average Bonchev–Trinajstić information content (AvgIpc) is 2.87. The molecule has 118 valence electrons. The molecule has 1 unspecified atom stereocenters. The van der Waals surface area contributed by atoms with E-state index < -0.39 is 0 Å². The molecule has 0 spiro atoms. The number of carbonyl (C=O) groups excluding carboxylic acids is 1. The number of pyridine rings is 1. The minimum absolute atomic E-state index is 0.00394. The zero-order valence-electron chi connectivity index (χ0n) is 13.4. The highest BCUT2D eigenvalue weighted by Crippen LogP contribution is 2.26. The van der Waals surface area contributed by atoms with E-state index in [0.29, 0.717) is 42.1 Å². The predicted molar refractivity (Wildman–Crippen MR) is 81.9 cm³/mol. The van der Waals surface area contributed by atoms with E-state index >= 15 is 0 Å². The van der Waals surface area contributed by atoms with Gasteiger partial charge in [-0.25, -0.2) is 4.98 Å². The van der Waals surface area contributed by atoms with Gasteiger partial charge in [-0.2, -0.15) is 0 Å². The van der Waals surface area contributed by atoms with Crippen molar-refractivity contribution in [2.24, 2.45) is 0 Å². The second-order valence-corrected chi connectivity index (χ2v) is 6.13. The molecule has 6 heteroatoms. The lowest BCUT2D eigenvalue weighted by Gasteiger charge is -2.31. The molecule has 6 nitrogen and oxygen atoms in total. The van der Waals surface area contributed by atoms with Crippen molar-refractivity contribution in [2.75, 3.05) is 19.7 Å². The number of aromatic nitrogens is 2. The highest BCUT2D eigenvalue weighted by molar-refractivity contribution is 6.06. The number of aryl methyl sites for hydroxylation is 1. The van der Waals surface area contributed by atoms with Crippen molar-refractivity contribution in [3.05, 3.63) is 23.0 Å². The molecule has 2 aromatic heterocycles. The Morgan fingerprint density at radius 1 is 1.45 bits per heavy atom. The summed E-state index contributed by atoms with van der Waals surface area (Å²) in [5.41, 5.74) is 2.60. The zero-order valence-corrected chi connectivity index (χ0v) is 13.4. The minimum Gasteiger partial charge on any atom is -0.375 e. The number of morpholine rings is 1. The predicted octanol–water partition coefficient (Wildman–Crippen LogP) is 2.52. The quantitative estimate of drug-likeness (QED) is 0.852. The van der Waals surface area contributed by atoms with Crippen molar-refractivity contribution in [1.82, 2.24) is 15.0 Å². The van der Waals surface area contributed by atoms with E-state index in [1.54, 1.807) is 0 Å². The van der Waals surface area contributed by atoms with E-state index in [2.05, 4.69) is 10.1 Å². The molecule has 0 aromatic carbocycles. The Morgan fingerprint density at radius 2 is 2.23 bits per heavy atom. The number of carbonyl (C=O) groups is 1. The van der Waals surface area contributed by atoms with Crippen molar-refractivity contribution in [2.45, 2.75) is 39.7 Å². The summed E-state index contributed by atoms with van der Waals surface area (Å²) in [6.45, 7) is 9.68. The van der Waals surface area contributed by atoms with Crippen LogP contribution in [0.25, 0.3) is 11.1 Å². The summed E-state index contributed by atoms with van der Waals surface area (Å²) in [6, 6.07) is 1.87. The molecule has 1 aliphatic rings. The van der Waals surface area contributed by atoms with Crippen LogP contribution >= 0.6 is 0 Å². The minimum atomic E-state index is -0.00394. The van der Waals surface area contributed by atoms with E-state index in [1.165, 1.54) is 0 Å². The van der Waals surface area contributed by atoms with Crippen LogP contribution in [0.4, 0.5) is 0 Å². The first-order chi connectivity index (χ1) is 10.5. The molecule has 0 saturated carbocycles. The number of ether oxygens (including phenoxy) is 1. The van der Waals surface area contributed by atoms with E-state index in [-0.39, 0.29) is 17.9 Å². The normalized spacial score (nSPS) is 19.1. The highest BCUT2D eigenvalue weighted by atomic mass is 16.5. The molecule has 1 amide bonds. The van der Waals surface area contributed by atoms with Gasteiger partial charge < -0.3 is 14.2 Å². The largest absolute Gasteiger partial charge is 0.375 e. The van der Waals surface area contributed by atoms with Gasteiger partial charge in [-0.15, -0.1) is 0 Å². The second-order valence-electron chi connectivity index (χ2n) is 6.13. The summed E-state index contributed by atoms with van der Waals surface area (Å²) >= 11 is 0. The molecule has 0 bridgehead atoms. The molecule has 0 radical (unpaired) electrons. The average molecular weight is 303 g/mol. The van der Waals surface area contributed by atoms with Crippen LogP contribution < -0.4 is 0 Å². The standard InChI is InChI=1S/C16H21N3O3/c1-9(2)13-7-12(14-11(4)18-22-15(14)17-13)16(20)19-5-6-21-10(3)8-19/h7,9-10H,5-6,8H2,1-4H3. The SMILES string of the molecule is Cc1noc2nc(C(C)C)cc(C(=O)N3CCOC(C)C3)c12. The van der Waals surface area contributed by atoms with Crippen LogP contribution in [-0.2, 0) is 4.74 Å². The Labute approximate surface area is 129 Å². The topological polar surface area (TPSA) is 68.5 Å². The van der Waals surface area contributed by atoms with Gasteiger partial charge in [0.15, 0.2) is 0 Å². The van der Waals surface area contributed by atoms with E-state index in [0.717, 1.165) is 5.69 Å². The smallest absolute Gasteiger partial charge is 0.259 e. The summed E-state index contributed by atoms with van der Waals surface area (Å²) in [6.07, 6.45) is 0.0585. The number of nitrogens with zero attached hydrogens (tertiary/aromatic N) is 3. The third-order valence-corrected chi connectivity index (χ3v) is 3.99. The van der Waals surface area contributed by atoms with Crippen molar-refractivity contribution >= 4 is 17.0 Å². The van der Waals surface area contributed by atoms with Crippen LogP contribution in [0.5, 0.6) is 0 Å². The number of amides is 1. The molecule has 3 rings (SSSR count). The van der Waals surface area contributed by atoms with Gasteiger partial charge in [0.1, 0.15) is 0 Å². The molecule has 1 fully saturated rings. The van der Waals surface area contributed by atoms with E-state index in [4.69, 9.17) is 9.26 Å². The van der Waals surface area contributed by atoms with Crippen molar-refractivity contribution in [1.29, 1.82) is 0 Å². The molecule has 1 saturated heterocycles. The maximum atomic E-state index is 13.0. The highest BCUT2D eigenvalue weighted by Gasteiger charge is 2.26. The summed E-state index contributed by atoms with van der Waals surface area (Å²) in [7, 11) is 0. The third kappa shape index (κ3) is 2.59. The maximum Gasteiger partial charge on any atom is 0.259 e. The van der Waals surface area contributed by atoms with Gasteiger partial charge in [0.2, 0.25) is 0 Å². The molecule has 22 heavy (non-hydrogen) atoms. The van der Waals surface area contributed by atoms with Gasteiger partial charge in [-0.3, -0.25) is 4.79 Å². The monoisotopic (exact) mass is 303 g/mol. The van der Waals surface area contributed by atoms with Gasteiger partial charge in [0.05, 0.1) is 29.4 Å². The summed E-state index contributed by atoms with van der Waals surface area (Å²) in [5.74, 6) is 0.209. The summed E-state index contributed by atoms with van der Waals surface area (Å²) < 4.78 is 10.8. The van der Waals surface area contributed by atoms with Gasteiger partial charge in [-0.05, 0) is 25.8 Å². The Balaban J connectivity index is 2.07. The van der Waals surface area contributed by atoms with Gasteiger partial charge >= 0.3 is 0 Å². The number of rotatable bonds is 2. The van der Waals surface area contributed by atoms with Crippen molar-refractivity contribution in [3.63, 3.8) is 0 Å². The number of fused-ring (bicyclic) bond motifs is 1. The Kier molecular flexibility index (Phi) is 3.87. The molecule has 0 N–H and O–H groups in total. The van der Waals surface area contributed by atoms with Crippen LogP contribution in [0.3, 0.4) is 0 Å².